The van der Waals surface area contributed by atoms with Crippen molar-refractivity contribution in [1.29, 1.82) is 0 Å². The molecular weight excluding hydrogens is 250 g/mol. The number of carbonyl (C=O) groups is 1. The summed E-state index contributed by atoms with van der Waals surface area (Å²) in [6.45, 7) is 5.18. The number of pyridine rings is 1. The van der Waals surface area contributed by atoms with E-state index < -0.39 is 17.7 Å². The van der Waals surface area contributed by atoms with Gasteiger partial charge in [-0.15, -0.1) is 0 Å². The zero-order chi connectivity index (χ0) is 14.3. The van der Waals surface area contributed by atoms with Gasteiger partial charge in [0.25, 0.3) is 5.91 Å². The molecule has 1 rings (SSSR count). The lowest BCUT2D eigenvalue weighted by Gasteiger charge is -2.22. The van der Waals surface area contributed by atoms with E-state index >= 15 is 0 Å². The average Bonchev–Trinajstić information content (AvgIpc) is 2.41. The van der Waals surface area contributed by atoms with Gasteiger partial charge >= 0.3 is 0 Å². The Balaban J connectivity index is 2.87. The van der Waals surface area contributed by atoms with Crippen molar-refractivity contribution >= 4 is 5.91 Å². The first-order valence-electron chi connectivity index (χ1n) is 6.71. The van der Waals surface area contributed by atoms with Crippen LogP contribution >= 0.6 is 0 Å². The molecular formula is C14H20F2N2O. The number of amides is 1. The normalized spacial score (nSPS) is 10.5. The maximum Gasteiger partial charge on any atom is 0.257 e. The molecule has 0 N–H and O–H groups in total. The first-order valence-corrected chi connectivity index (χ1v) is 6.71. The van der Waals surface area contributed by atoms with Crippen molar-refractivity contribution in [2.45, 2.75) is 39.5 Å². The second-order valence-corrected chi connectivity index (χ2v) is 4.46. The highest BCUT2D eigenvalue weighted by Gasteiger charge is 2.21. The van der Waals surface area contributed by atoms with Crippen LogP contribution in [0.4, 0.5) is 8.78 Å². The van der Waals surface area contributed by atoms with Crippen LogP contribution in [0, 0.1) is 11.8 Å². The number of aromatic nitrogens is 1. The summed E-state index contributed by atoms with van der Waals surface area (Å²) in [7, 11) is 0. The lowest BCUT2D eigenvalue weighted by Crippen LogP contribution is -2.33. The summed E-state index contributed by atoms with van der Waals surface area (Å²) in [4.78, 5) is 17.0. The van der Waals surface area contributed by atoms with Crippen molar-refractivity contribution in [3.8, 4) is 0 Å². The summed E-state index contributed by atoms with van der Waals surface area (Å²) in [6.07, 6.45) is 4.71. The minimum absolute atomic E-state index is 0.236. The zero-order valence-corrected chi connectivity index (χ0v) is 11.5. The molecule has 0 aliphatic carbocycles. The monoisotopic (exact) mass is 270 g/mol. The van der Waals surface area contributed by atoms with Crippen LogP contribution in [-0.2, 0) is 0 Å². The molecule has 0 spiro atoms. The van der Waals surface area contributed by atoms with Crippen molar-refractivity contribution in [1.82, 2.24) is 9.88 Å². The average molecular weight is 270 g/mol. The van der Waals surface area contributed by atoms with Crippen molar-refractivity contribution in [3.63, 3.8) is 0 Å². The molecule has 1 heterocycles. The molecule has 0 aromatic carbocycles. The largest absolute Gasteiger partial charge is 0.339 e. The topological polar surface area (TPSA) is 33.2 Å². The maximum atomic E-state index is 13.6. The van der Waals surface area contributed by atoms with E-state index in [0.29, 0.717) is 13.1 Å². The van der Waals surface area contributed by atoms with Crippen LogP contribution in [0.25, 0.3) is 0 Å². The van der Waals surface area contributed by atoms with Crippen molar-refractivity contribution in [2.75, 3.05) is 13.1 Å². The number of nitrogens with zero attached hydrogens (tertiary/aromatic N) is 2. The molecule has 0 atom stereocenters. The summed E-state index contributed by atoms with van der Waals surface area (Å²) in [6, 6.07) is 1.23. The van der Waals surface area contributed by atoms with Crippen LogP contribution in [0.5, 0.6) is 0 Å². The molecule has 0 bridgehead atoms. The van der Waals surface area contributed by atoms with Gasteiger partial charge < -0.3 is 4.90 Å². The second kappa shape index (κ2) is 7.81. The van der Waals surface area contributed by atoms with E-state index in [1.54, 1.807) is 4.90 Å². The maximum absolute atomic E-state index is 13.6. The van der Waals surface area contributed by atoms with Gasteiger partial charge in [0.05, 0.1) is 5.56 Å². The molecule has 106 valence electrons. The van der Waals surface area contributed by atoms with Crippen molar-refractivity contribution < 1.29 is 13.6 Å². The van der Waals surface area contributed by atoms with E-state index in [-0.39, 0.29) is 5.56 Å². The Labute approximate surface area is 112 Å². The predicted octanol–water partition coefficient (Wildman–Crippen LogP) is 3.40. The minimum Gasteiger partial charge on any atom is -0.339 e. The van der Waals surface area contributed by atoms with E-state index in [4.69, 9.17) is 0 Å². The Morgan fingerprint density at radius 1 is 1.21 bits per heavy atom. The Hall–Kier alpha value is -1.52. The standard InChI is InChI=1S/C14H20F2N2O/c1-3-5-9-18(10-6-4-2)14(19)11-7-8-17-13(16)12(11)15/h7-8H,3-6,9-10H2,1-2H3. The van der Waals surface area contributed by atoms with Crippen LogP contribution in [0.2, 0.25) is 0 Å². The number of hydrogen-bond donors (Lipinski definition) is 0. The Bertz CT molecular complexity index is 416. The molecule has 5 heteroatoms. The third kappa shape index (κ3) is 4.26. The van der Waals surface area contributed by atoms with E-state index in [2.05, 4.69) is 4.98 Å². The van der Waals surface area contributed by atoms with Gasteiger partial charge in [-0.3, -0.25) is 4.79 Å². The zero-order valence-electron chi connectivity index (χ0n) is 11.5. The number of carbonyl (C=O) groups excluding carboxylic acids is 1. The lowest BCUT2D eigenvalue weighted by atomic mass is 10.2. The lowest BCUT2D eigenvalue weighted by molar-refractivity contribution is 0.0744. The Morgan fingerprint density at radius 2 is 1.79 bits per heavy atom. The van der Waals surface area contributed by atoms with Crippen molar-refractivity contribution in [2.24, 2.45) is 0 Å². The summed E-state index contributed by atoms with van der Waals surface area (Å²) < 4.78 is 26.6. The molecule has 0 radical (unpaired) electrons. The molecule has 19 heavy (non-hydrogen) atoms. The smallest absolute Gasteiger partial charge is 0.257 e. The molecule has 0 saturated heterocycles. The molecule has 1 amide bonds. The fourth-order valence-corrected chi connectivity index (χ4v) is 1.77. The predicted molar refractivity (Wildman–Crippen MR) is 69.9 cm³/mol. The molecule has 0 saturated carbocycles. The highest BCUT2D eigenvalue weighted by atomic mass is 19.2. The van der Waals surface area contributed by atoms with E-state index in [1.807, 2.05) is 13.8 Å². The van der Waals surface area contributed by atoms with E-state index in [1.165, 1.54) is 6.07 Å². The van der Waals surface area contributed by atoms with Crippen LogP contribution in [-0.4, -0.2) is 28.9 Å². The molecule has 0 unspecified atom stereocenters. The summed E-state index contributed by atoms with van der Waals surface area (Å²) >= 11 is 0. The van der Waals surface area contributed by atoms with Crippen LogP contribution in [0.3, 0.4) is 0 Å². The number of rotatable bonds is 7. The molecule has 1 aromatic rings. The van der Waals surface area contributed by atoms with Gasteiger partial charge in [-0.1, -0.05) is 26.7 Å². The Kier molecular flexibility index (Phi) is 6.39. The number of hydrogen-bond acceptors (Lipinski definition) is 2. The quantitative estimate of drug-likeness (QED) is 0.711. The summed E-state index contributed by atoms with van der Waals surface area (Å²) in [5.41, 5.74) is -0.236. The third-order valence-corrected chi connectivity index (χ3v) is 2.93. The van der Waals surface area contributed by atoms with Gasteiger partial charge in [-0.05, 0) is 18.9 Å². The second-order valence-electron chi connectivity index (χ2n) is 4.46. The molecule has 0 fully saturated rings. The van der Waals surface area contributed by atoms with Gasteiger partial charge in [0.15, 0.2) is 5.82 Å². The minimum atomic E-state index is -1.23. The molecule has 0 aliphatic heterocycles. The number of unbranched alkanes of at least 4 members (excludes halogenated alkanes) is 2. The summed E-state index contributed by atoms with van der Waals surface area (Å²) in [5.74, 6) is -2.84. The first kappa shape index (κ1) is 15.5. The van der Waals surface area contributed by atoms with Crippen LogP contribution < -0.4 is 0 Å². The van der Waals surface area contributed by atoms with Gasteiger partial charge in [0.2, 0.25) is 5.95 Å². The van der Waals surface area contributed by atoms with Gasteiger partial charge in [0.1, 0.15) is 0 Å². The highest BCUT2D eigenvalue weighted by Crippen LogP contribution is 2.13. The highest BCUT2D eigenvalue weighted by molar-refractivity contribution is 5.94. The molecule has 1 aromatic heterocycles. The van der Waals surface area contributed by atoms with Gasteiger partial charge in [-0.25, -0.2) is 9.37 Å². The fourth-order valence-electron chi connectivity index (χ4n) is 1.77. The van der Waals surface area contributed by atoms with Crippen LogP contribution in [0.15, 0.2) is 12.3 Å². The SMILES string of the molecule is CCCCN(CCCC)C(=O)c1ccnc(F)c1F. The van der Waals surface area contributed by atoms with Crippen LogP contribution in [0.1, 0.15) is 49.9 Å². The Morgan fingerprint density at radius 3 is 2.32 bits per heavy atom. The molecule has 3 nitrogen and oxygen atoms in total. The first-order chi connectivity index (χ1) is 9.11. The van der Waals surface area contributed by atoms with Gasteiger partial charge in [0, 0.05) is 19.3 Å². The molecule has 0 aliphatic rings. The number of halogens is 2. The third-order valence-electron chi connectivity index (χ3n) is 2.93. The summed E-state index contributed by atoms with van der Waals surface area (Å²) in [5, 5.41) is 0. The van der Waals surface area contributed by atoms with Crippen molar-refractivity contribution in [3.05, 3.63) is 29.6 Å². The van der Waals surface area contributed by atoms with E-state index in [9.17, 15) is 13.6 Å². The fraction of sp³-hybridized carbons (Fsp3) is 0.571. The van der Waals surface area contributed by atoms with E-state index in [0.717, 1.165) is 31.9 Å². The van der Waals surface area contributed by atoms with Gasteiger partial charge in [-0.2, -0.15) is 4.39 Å².